The van der Waals surface area contributed by atoms with Gasteiger partial charge >= 0.3 is 0 Å². The van der Waals surface area contributed by atoms with Gasteiger partial charge in [0.2, 0.25) is 0 Å². The van der Waals surface area contributed by atoms with Gasteiger partial charge in [-0.15, -0.1) is 11.3 Å². The van der Waals surface area contributed by atoms with Gasteiger partial charge in [-0.25, -0.2) is 0 Å². The van der Waals surface area contributed by atoms with Gasteiger partial charge in [-0.05, 0) is 25.5 Å². The Morgan fingerprint density at radius 2 is 2.36 bits per heavy atom. The maximum Gasteiger partial charge on any atom is 0.194 e. The van der Waals surface area contributed by atoms with Crippen LogP contribution in [0.3, 0.4) is 0 Å². The van der Waals surface area contributed by atoms with E-state index in [0.717, 1.165) is 36.2 Å². The van der Waals surface area contributed by atoms with Crippen molar-refractivity contribution in [2.75, 3.05) is 31.9 Å². The summed E-state index contributed by atoms with van der Waals surface area (Å²) in [6.07, 6.45) is 0.587. The fourth-order valence-corrected chi connectivity index (χ4v) is 4.57. The van der Waals surface area contributed by atoms with Crippen LogP contribution in [-0.4, -0.2) is 53.1 Å². The molecule has 2 heterocycles. The minimum absolute atomic E-state index is 0.361. The largest absolute Gasteiger partial charge is 0.386 e. The molecule has 2 unspecified atom stereocenters. The zero-order valence-corrected chi connectivity index (χ0v) is 15.5. The van der Waals surface area contributed by atoms with Gasteiger partial charge in [0.25, 0.3) is 0 Å². The summed E-state index contributed by atoms with van der Waals surface area (Å²) >= 11 is 9.37. The SMILES string of the molecule is CCNC(=NCC(O)c1ccc(Cl)s1)N1CCSC(CC)C1. The first-order chi connectivity index (χ1) is 10.6. The molecule has 0 amide bonds. The second kappa shape index (κ2) is 9.01. The van der Waals surface area contributed by atoms with Crippen molar-refractivity contribution in [3.63, 3.8) is 0 Å². The van der Waals surface area contributed by atoms with Crippen LogP contribution in [0.5, 0.6) is 0 Å². The van der Waals surface area contributed by atoms with Crippen LogP contribution in [0, 0.1) is 0 Å². The number of rotatable bonds is 5. The Kier molecular flexibility index (Phi) is 7.34. The number of nitrogens with one attached hydrogen (secondary N) is 1. The number of hydrogen-bond donors (Lipinski definition) is 2. The van der Waals surface area contributed by atoms with Gasteiger partial charge in [-0.3, -0.25) is 4.99 Å². The van der Waals surface area contributed by atoms with Crippen LogP contribution in [0.25, 0.3) is 0 Å². The van der Waals surface area contributed by atoms with Crippen molar-refractivity contribution in [2.24, 2.45) is 4.99 Å². The molecule has 1 saturated heterocycles. The zero-order chi connectivity index (χ0) is 15.9. The predicted molar refractivity (Wildman–Crippen MR) is 98.4 cm³/mol. The lowest BCUT2D eigenvalue weighted by Crippen LogP contribution is -2.48. The van der Waals surface area contributed by atoms with Crippen LogP contribution in [0.4, 0.5) is 0 Å². The molecule has 0 aromatic carbocycles. The number of halogens is 1. The number of aliphatic hydroxyl groups is 1. The molecular formula is C15H24ClN3OS2. The highest BCUT2D eigenvalue weighted by Crippen LogP contribution is 2.27. The quantitative estimate of drug-likeness (QED) is 0.624. The average Bonchev–Trinajstić information content (AvgIpc) is 2.97. The van der Waals surface area contributed by atoms with E-state index in [1.165, 1.54) is 17.8 Å². The molecule has 0 bridgehead atoms. The van der Waals surface area contributed by atoms with Crippen molar-refractivity contribution in [2.45, 2.75) is 31.6 Å². The lowest BCUT2D eigenvalue weighted by molar-refractivity contribution is 0.190. The lowest BCUT2D eigenvalue weighted by Gasteiger charge is -2.34. The van der Waals surface area contributed by atoms with E-state index in [9.17, 15) is 5.11 Å². The summed E-state index contributed by atoms with van der Waals surface area (Å²) in [4.78, 5) is 7.80. The maximum absolute atomic E-state index is 10.2. The number of thioether (sulfide) groups is 1. The Hall–Kier alpha value is -0.430. The van der Waals surface area contributed by atoms with E-state index in [4.69, 9.17) is 11.6 Å². The van der Waals surface area contributed by atoms with Crippen LogP contribution in [-0.2, 0) is 0 Å². The van der Waals surface area contributed by atoms with E-state index >= 15 is 0 Å². The summed E-state index contributed by atoms with van der Waals surface area (Å²) in [5.74, 6) is 2.04. The molecule has 1 fully saturated rings. The molecule has 1 aromatic heterocycles. The summed E-state index contributed by atoms with van der Waals surface area (Å²) < 4.78 is 0.698. The van der Waals surface area contributed by atoms with Crippen molar-refractivity contribution < 1.29 is 5.11 Å². The number of aliphatic hydroxyl groups excluding tert-OH is 1. The molecule has 1 aliphatic heterocycles. The predicted octanol–water partition coefficient (Wildman–Crippen LogP) is 3.23. The van der Waals surface area contributed by atoms with Gasteiger partial charge in [0.1, 0.15) is 6.10 Å². The molecule has 124 valence electrons. The van der Waals surface area contributed by atoms with Crippen LogP contribution in [0.1, 0.15) is 31.2 Å². The fourth-order valence-electron chi connectivity index (χ4n) is 2.35. The van der Waals surface area contributed by atoms with Crippen LogP contribution < -0.4 is 5.32 Å². The van der Waals surface area contributed by atoms with Crippen molar-refractivity contribution in [3.8, 4) is 0 Å². The summed E-state index contributed by atoms with van der Waals surface area (Å²) in [7, 11) is 0. The molecule has 1 aromatic rings. The van der Waals surface area contributed by atoms with E-state index in [1.807, 2.05) is 23.9 Å². The number of nitrogens with zero attached hydrogens (tertiary/aromatic N) is 2. The molecule has 0 radical (unpaired) electrons. The summed E-state index contributed by atoms with van der Waals surface area (Å²) in [5.41, 5.74) is 0. The summed E-state index contributed by atoms with van der Waals surface area (Å²) in [5, 5.41) is 14.2. The highest BCUT2D eigenvalue weighted by Gasteiger charge is 2.21. The molecule has 1 aliphatic rings. The minimum Gasteiger partial charge on any atom is -0.386 e. The normalized spacial score (nSPS) is 21.0. The second-order valence-corrected chi connectivity index (χ2v) is 8.35. The van der Waals surface area contributed by atoms with Crippen LogP contribution in [0.15, 0.2) is 17.1 Å². The molecule has 2 atom stereocenters. The smallest absolute Gasteiger partial charge is 0.194 e. The topological polar surface area (TPSA) is 47.9 Å². The molecule has 0 aliphatic carbocycles. The molecule has 2 N–H and O–H groups in total. The molecule has 2 rings (SSSR count). The molecule has 22 heavy (non-hydrogen) atoms. The van der Waals surface area contributed by atoms with Crippen LogP contribution in [0.2, 0.25) is 4.34 Å². The number of hydrogen-bond acceptors (Lipinski definition) is 4. The Labute approximate surface area is 146 Å². The van der Waals surface area contributed by atoms with Crippen molar-refractivity contribution >= 4 is 40.7 Å². The van der Waals surface area contributed by atoms with Gasteiger partial charge in [-0.2, -0.15) is 11.8 Å². The summed E-state index contributed by atoms with van der Waals surface area (Å²) in [6.45, 7) is 7.53. The third-order valence-electron chi connectivity index (χ3n) is 3.56. The fraction of sp³-hybridized carbons (Fsp3) is 0.667. The zero-order valence-electron chi connectivity index (χ0n) is 13.1. The third kappa shape index (κ3) is 5.05. The first-order valence-corrected chi connectivity index (χ1v) is 9.96. The lowest BCUT2D eigenvalue weighted by atomic mass is 10.3. The van der Waals surface area contributed by atoms with Crippen molar-refractivity contribution in [3.05, 3.63) is 21.3 Å². The van der Waals surface area contributed by atoms with Gasteiger partial charge in [-0.1, -0.05) is 18.5 Å². The summed E-state index contributed by atoms with van der Waals surface area (Å²) in [6, 6.07) is 3.68. The van der Waals surface area contributed by atoms with Gasteiger partial charge in [0.05, 0.1) is 10.9 Å². The highest BCUT2D eigenvalue weighted by molar-refractivity contribution is 8.00. The minimum atomic E-state index is -0.590. The van der Waals surface area contributed by atoms with E-state index in [2.05, 4.69) is 29.1 Å². The van der Waals surface area contributed by atoms with Gasteiger partial charge in [0, 0.05) is 35.5 Å². The second-order valence-electron chi connectivity index (χ2n) is 5.20. The first-order valence-electron chi connectivity index (χ1n) is 7.72. The number of aliphatic imine (C=N–C) groups is 1. The van der Waals surface area contributed by atoms with Crippen molar-refractivity contribution in [1.82, 2.24) is 10.2 Å². The molecule has 0 spiro atoms. The van der Waals surface area contributed by atoms with E-state index in [1.54, 1.807) is 0 Å². The van der Waals surface area contributed by atoms with E-state index < -0.39 is 6.10 Å². The van der Waals surface area contributed by atoms with Gasteiger partial charge in [0.15, 0.2) is 5.96 Å². The Morgan fingerprint density at radius 1 is 1.55 bits per heavy atom. The third-order valence-corrected chi connectivity index (χ3v) is 6.27. The molecule has 4 nitrogen and oxygen atoms in total. The highest BCUT2D eigenvalue weighted by atomic mass is 35.5. The van der Waals surface area contributed by atoms with Crippen molar-refractivity contribution in [1.29, 1.82) is 0 Å². The number of guanidine groups is 1. The molecule has 0 saturated carbocycles. The Bertz CT molecular complexity index is 495. The number of thiophene rings is 1. The van der Waals surface area contributed by atoms with Gasteiger partial charge < -0.3 is 15.3 Å². The van der Waals surface area contributed by atoms with Crippen LogP contribution >= 0.6 is 34.7 Å². The van der Waals surface area contributed by atoms with E-state index in [-0.39, 0.29) is 0 Å². The molecule has 7 heteroatoms. The Morgan fingerprint density at radius 3 is 3.00 bits per heavy atom. The standard InChI is InChI=1S/C15H24ClN3OS2/c1-3-11-10-19(7-8-21-11)15(17-4-2)18-9-12(20)13-5-6-14(16)22-13/h5-6,11-12,20H,3-4,7-10H2,1-2H3,(H,17,18). The molecular weight excluding hydrogens is 338 g/mol. The average molecular weight is 362 g/mol. The monoisotopic (exact) mass is 361 g/mol. The Balaban J connectivity index is 2.00. The first kappa shape index (κ1) is 17.9. The maximum atomic E-state index is 10.2. The van der Waals surface area contributed by atoms with E-state index in [0.29, 0.717) is 16.1 Å².